The quantitative estimate of drug-likeness (QED) is 0.766. The van der Waals surface area contributed by atoms with Crippen molar-refractivity contribution in [2.45, 2.75) is 6.42 Å². The molecular formula is C12H14N4O3. The molecule has 2 aromatic rings. The van der Waals surface area contributed by atoms with Crippen LogP contribution >= 0.6 is 0 Å². The number of benzene rings is 1. The number of rotatable bonds is 5. The van der Waals surface area contributed by atoms with E-state index in [1.807, 2.05) is 0 Å². The molecule has 0 aliphatic heterocycles. The number of anilines is 1. The van der Waals surface area contributed by atoms with Crippen LogP contribution < -0.4 is 15.8 Å². The molecule has 1 aromatic heterocycles. The monoisotopic (exact) mass is 262 g/mol. The van der Waals surface area contributed by atoms with Gasteiger partial charge in [0.1, 0.15) is 5.75 Å². The van der Waals surface area contributed by atoms with Crippen LogP contribution in [-0.4, -0.2) is 29.7 Å². The van der Waals surface area contributed by atoms with E-state index in [4.69, 9.17) is 15.0 Å². The zero-order chi connectivity index (χ0) is 13.7. The predicted molar refractivity (Wildman–Crippen MR) is 67.7 cm³/mol. The number of nitrogens with zero attached hydrogens (tertiary/aromatic N) is 2. The lowest BCUT2D eigenvalue weighted by atomic mass is 10.1. The summed E-state index contributed by atoms with van der Waals surface area (Å²) in [7, 11) is 1.52. The van der Waals surface area contributed by atoms with Gasteiger partial charge in [-0.2, -0.15) is 4.98 Å². The molecule has 3 N–H and O–H groups in total. The minimum atomic E-state index is -0.214. The van der Waals surface area contributed by atoms with E-state index in [1.165, 1.54) is 13.4 Å². The Bertz CT molecular complexity index is 554. The van der Waals surface area contributed by atoms with Crippen molar-refractivity contribution >= 4 is 11.6 Å². The molecular weight excluding hydrogens is 248 g/mol. The third kappa shape index (κ3) is 3.21. The summed E-state index contributed by atoms with van der Waals surface area (Å²) in [6, 6.07) is 4.88. The fourth-order valence-corrected chi connectivity index (χ4v) is 1.57. The van der Waals surface area contributed by atoms with Crippen LogP contribution in [0.3, 0.4) is 0 Å². The molecule has 19 heavy (non-hydrogen) atoms. The summed E-state index contributed by atoms with van der Waals surface area (Å²) in [5.74, 6) is 0.811. The van der Waals surface area contributed by atoms with Crippen molar-refractivity contribution in [3.63, 3.8) is 0 Å². The average Bonchev–Trinajstić information content (AvgIpc) is 2.91. The zero-order valence-electron chi connectivity index (χ0n) is 10.4. The highest BCUT2D eigenvalue weighted by Gasteiger charge is 2.08. The van der Waals surface area contributed by atoms with Crippen LogP contribution in [-0.2, 0) is 6.42 Å². The van der Waals surface area contributed by atoms with Crippen LogP contribution in [0.25, 0.3) is 0 Å². The maximum Gasteiger partial charge on any atom is 0.251 e. The largest absolute Gasteiger partial charge is 0.495 e. The van der Waals surface area contributed by atoms with Crippen molar-refractivity contribution in [2.24, 2.45) is 0 Å². The molecule has 0 aliphatic rings. The van der Waals surface area contributed by atoms with Crippen molar-refractivity contribution < 1.29 is 14.1 Å². The molecule has 0 atom stereocenters. The molecule has 7 heteroatoms. The summed E-state index contributed by atoms with van der Waals surface area (Å²) < 4.78 is 9.85. The highest BCUT2D eigenvalue weighted by molar-refractivity contribution is 5.95. The van der Waals surface area contributed by atoms with Gasteiger partial charge in [0.25, 0.3) is 5.91 Å². The van der Waals surface area contributed by atoms with Crippen molar-refractivity contribution in [3.05, 3.63) is 36.0 Å². The average molecular weight is 262 g/mol. The van der Waals surface area contributed by atoms with Gasteiger partial charge in [-0.25, -0.2) is 0 Å². The van der Waals surface area contributed by atoms with Gasteiger partial charge in [-0.1, -0.05) is 5.16 Å². The number of carbonyl (C=O) groups excluding carboxylic acids is 1. The van der Waals surface area contributed by atoms with E-state index >= 15 is 0 Å². The Morgan fingerprint density at radius 1 is 1.53 bits per heavy atom. The van der Waals surface area contributed by atoms with E-state index in [0.29, 0.717) is 35.9 Å². The number of aromatic nitrogens is 2. The number of methoxy groups -OCH3 is 1. The summed E-state index contributed by atoms with van der Waals surface area (Å²) in [5.41, 5.74) is 6.64. The third-order valence-electron chi connectivity index (χ3n) is 2.52. The SMILES string of the molecule is COc1ccc(C(=O)NCCc2ncno2)cc1N. The summed E-state index contributed by atoms with van der Waals surface area (Å²) in [4.78, 5) is 15.7. The minimum absolute atomic E-state index is 0.214. The molecule has 0 bridgehead atoms. The molecule has 0 saturated carbocycles. The lowest BCUT2D eigenvalue weighted by Gasteiger charge is -2.07. The first-order valence-corrected chi connectivity index (χ1v) is 5.68. The van der Waals surface area contributed by atoms with E-state index in [9.17, 15) is 4.79 Å². The Balaban J connectivity index is 1.91. The Hall–Kier alpha value is -2.57. The number of ether oxygens (including phenoxy) is 1. The smallest absolute Gasteiger partial charge is 0.251 e. The number of carbonyl (C=O) groups is 1. The number of nitrogens with two attached hydrogens (primary N) is 1. The highest BCUT2D eigenvalue weighted by Crippen LogP contribution is 2.21. The second kappa shape index (κ2) is 5.85. The molecule has 0 fully saturated rings. The summed E-state index contributed by atoms with van der Waals surface area (Å²) in [6.07, 6.45) is 1.80. The van der Waals surface area contributed by atoms with Gasteiger partial charge < -0.3 is 20.3 Å². The van der Waals surface area contributed by atoms with Gasteiger partial charge in [0.15, 0.2) is 6.33 Å². The van der Waals surface area contributed by atoms with E-state index in [1.54, 1.807) is 18.2 Å². The zero-order valence-corrected chi connectivity index (χ0v) is 10.4. The molecule has 0 saturated heterocycles. The van der Waals surface area contributed by atoms with E-state index in [-0.39, 0.29) is 5.91 Å². The lowest BCUT2D eigenvalue weighted by molar-refractivity contribution is 0.0953. The first-order chi connectivity index (χ1) is 9.20. The van der Waals surface area contributed by atoms with Gasteiger partial charge in [0, 0.05) is 18.5 Å². The van der Waals surface area contributed by atoms with E-state index in [0.717, 1.165) is 0 Å². The summed E-state index contributed by atoms with van der Waals surface area (Å²) in [5, 5.41) is 6.22. The standard InChI is InChI=1S/C12H14N4O3/c1-18-10-3-2-8(6-9(10)13)12(17)14-5-4-11-15-7-16-19-11/h2-3,6-7H,4-5,13H2,1H3,(H,14,17). The molecule has 0 unspecified atom stereocenters. The molecule has 0 aliphatic carbocycles. The van der Waals surface area contributed by atoms with Crippen LogP contribution in [0.4, 0.5) is 5.69 Å². The molecule has 100 valence electrons. The molecule has 1 heterocycles. The van der Waals surface area contributed by atoms with Gasteiger partial charge in [-0.15, -0.1) is 0 Å². The maximum atomic E-state index is 11.9. The molecule has 2 rings (SSSR count). The lowest BCUT2D eigenvalue weighted by Crippen LogP contribution is -2.25. The fraction of sp³-hybridized carbons (Fsp3) is 0.250. The van der Waals surface area contributed by atoms with Gasteiger partial charge in [0.2, 0.25) is 5.89 Å². The van der Waals surface area contributed by atoms with Gasteiger partial charge in [0.05, 0.1) is 12.8 Å². The second-order valence-corrected chi connectivity index (χ2v) is 3.80. The summed E-state index contributed by atoms with van der Waals surface area (Å²) in [6.45, 7) is 0.410. The Labute approximate surface area is 109 Å². The van der Waals surface area contributed by atoms with Gasteiger partial charge in [-0.05, 0) is 18.2 Å². The Morgan fingerprint density at radius 3 is 3.00 bits per heavy atom. The predicted octanol–water partition coefficient (Wildman–Crippen LogP) is 0.633. The first kappa shape index (κ1) is 12.9. The second-order valence-electron chi connectivity index (χ2n) is 3.80. The molecule has 1 amide bonds. The van der Waals surface area contributed by atoms with Crippen LogP contribution in [0, 0.1) is 0 Å². The number of amides is 1. The van der Waals surface area contributed by atoms with E-state index < -0.39 is 0 Å². The normalized spacial score (nSPS) is 10.2. The first-order valence-electron chi connectivity index (χ1n) is 5.68. The van der Waals surface area contributed by atoms with Crippen molar-refractivity contribution in [2.75, 3.05) is 19.4 Å². The Kier molecular flexibility index (Phi) is 3.97. The van der Waals surface area contributed by atoms with E-state index in [2.05, 4.69) is 15.5 Å². The number of nitrogens with one attached hydrogen (secondary N) is 1. The summed E-state index contributed by atoms with van der Waals surface area (Å²) >= 11 is 0. The van der Waals surface area contributed by atoms with Crippen LogP contribution in [0.2, 0.25) is 0 Å². The van der Waals surface area contributed by atoms with Crippen LogP contribution in [0.1, 0.15) is 16.2 Å². The topological polar surface area (TPSA) is 103 Å². The van der Waals surface area contributed by atoms with Gasteiger partial charge >= 0.3 is 0 Å². The highest BCUT2D eigenvalue weighted by atomic mass is 16.5. The number of nitrogen functional groups attached to an aromatic ring is 1. The van der Waals surface area contributed by atoms with Crippen molar-refractivity contribution in [3.8, 4) is 5.75 Å². The molecule has 1 aromatic carbocycles. The number of hydrogen-bond donors (Lipinski definition) is 2. The molecule has 0 radical (unpaired) electrons. The van der Waals surface area contributed by atoms with Crippen LogP contribution in [0.15, 0.2) is 29.0 Å². The minimum Gasteiger partial charge on any atom is -0.495 e. The maximum absolute atomic E-state index is 11.9. The molecule has 7 nitrogen and oxygen atoms in total. The van der Waals surface area contributed by atoms with Crippen molar-refractivity contribution in [1.82, 2.24) is 15.5 Å². The Morgan fingerprint density at radius 2 is 2.37 bits per heavy atom. The fourth-order valence-electron chi connectivity index (χ4n) is 1.57. The van der Waals surface area contributed by atoms with Crippen molar-refractivity contribution in [1.29, 1.82) is 0 Å². The van der Waals surface area contributed by atoms with Gasteiger partial charge in [-0.3, -0.25) is 4.79 Å². The third-order valence-corrected chi connectivity index (χ3v) is 2.52. The molecule has 0 spiro atoms. The number of hydrogen-bond acceptors (Lipinski definition) is 6. The van der Waals surface area contributed by atoms with Crippen LogP contribution in [0.5, 0.6) is 5.75 Å².